The molecule has 1 aliphatic heterocycles. The van der Waals surface area contributed by atoms with E-state index in [1.807, 2.05) is 17.9 Å². The summed E-state index contributed by atoms with van der Waals surface area (Å²) in [6, 6.07) is 0.477. The van der Waals surface area contributed by atoms with Gasteiger partial charge in [0.25, 0.3) is 0 Å². The highest BCUT2D eigenvalue weighted by atomic mass is 16.5. The highest BCUT2D eigenvalue weighted by Gasteiger charge is 2.22. The summed E-state index contributed by atoms with van der Waals surface area (Å²) in [6.45, 7) is 7.92. The van der Waals surface area contributed by atoms with E-state index in [1.54, 1.807) is 0 Å². The molecule has 1 atom stereocenters. The first-order valence-corrected chi connectivity index (χ1v) is 6.79. The molecule has 1 fully saturated rings. The van der Waals surface area contributed by atoms with Gasteiger partial charge in [0.05, 0.1) is 19.4 Å². The Labute approximate surface area is 109 Å². The van der Waals surface area contributed by atoms with Crippen molar-refractivity contribution < 1.29 is 4.74 Å². The molecule has 1 aliphatic rings. The second-order valence-electron chi connectivity index (χ2n) is 4.93. The lowest BCUT2D eigenvalue weighted by atomic mass is 10.2. The summed E-state index contributed by atoms with van der Waals surface area (Å²) in [5, 5.41) is 7.71. The van der Waals surface area contributed by atoms with Gasteiger partial charge in [-0.15, -0.1) is 0 Å². The van der Waals surface area contributed by atoms with Crippen molar-refractivity contribution in [2.24, 2.45) is 7.05 Å². The maximum Gasteiger partial charge on any atom is 0.0635 e. The molecular formula is C13H24N4O. The van der Waals surface area contributed by atoms with E-state index in [-0.39, 0.29) is 0 Å². The number of aryl methyl sites for hydroxylation is 1. The Morgan fingerprint density at radius 1 is 1.56 bits per heavy atom. The Balaban J connectivity index is 1.86. The molecule has 0 bridgehead atoms. The van der Waals surface area contributed by atoms with Crippen molar-refractivity contribution >= 4 is 0 Å². The molecule has 2 heterocycles. The van der Waals surface area contributed by atoms with E-state index >= 15 is 0 Å². The molecule has 18 heavy (non-hydrogen) atoms. The monoisotopic (exact) mass is 252 g/mol. The molecule has 0 spiro atoms. The van der Waals surface area contributed by atoms with Crippen LogP contribution in [0.2, 0.25) is 0 Å². The number of rotatable bonds is 6. The molecule has 2 rings (SSSR count). The fourth-order valence-corrected chi connectivity index (χ4v) is 2.32. The van der Waals surface area contributed by atoms with Crippen molar-refractivity contribution in [1.82, 2.24) is 20.0 Å². The van der Waals surface area contributed by atoms with E-state index in [2.05, 4.69) is 28.4 Å². The Morgan fingerprint density at radius 2 is 2.44 bits per heavy atom. The molecule has 1 aromatic heterocycles. The minimum atomic E-state index is 0.477. The molecule has 1 unspecified atom stereocenters. The predicted molar refractivity (Wildman–Crippen MR) is 71.4 cm³/mol. The Hall–Kier alpha value is -0.910. The molecule has 5 nitrogen and oxygen atoms in total. The zero-order valence-electron chi connectivity index (χ0n) is 11.4. The van der Waals surface area contributed by atoms with E-state index in [4.69, 9.17) is 4.74 Å². The third-order valence-electron chi connectivity index (χ3n) is 3.30. The number of hydrogen-bond acceptors (Lipinski definition) is 4. The van der Waals surface area contributed by atoms with Crippen LogP contribution in [0.25, 0.3) is 0 Å². The summed E-state index contributed by atoms with van der Waals surface area (Å²) < 4.78 is 7.44. The van der Waals surface area contributed by atoms with Crippen molar-refractivity contribution in [1.29, 1.82) is 0 Å². The van der Waals surface area contributed by atoms with Crippen LogP contribution in [0.4, 0.5) is 0 Å². The maximum absolute atomic E-state index is 5.58. The minimum Gasteiger partial charge on any atom is -0.378 e. The Morgan fingerprint density at radius 3 is 3.17 bits per heavy atom. The van der Waals surface area contributed by atoms with Gasteiger partial charge in [-0.05, 0) is 13.0 Å². The van der Waals surface area contributed by atoms with Gasteiger partial charge in [-0.3, -0.25) is 9.58 Å². The molecule has 0 saturated carbocycles. The van der Waals surface area contributed by atoms with E-state index in [0.29, 0.717) is 6.04 Å². The molecule has 1 N–H and O–H groups in total. The molecule has 1 saturated heterocycles. The zero-order chi connectivity index (χ0) is 12.8. The van der Waals surface area contributed by atoms with Gasteiger partial charge in [-0.2, -0.15) is 5.10 Å². The number of morpholine rings is 1. The van der Waals surface area contributed by atoms with Gasteiger partial charge < -0.3 is 10.1 Å². The summed E-state index contributed by atoms with van der Waals surface area (Å²) in [5.41, 5.74) is 1.28. The van der Waals surface area contributed by atoms with Crippen LogP contribution in [0.1, 0.15) is 18.9 Å². The number of ether oxygens (including phenoxy) is 1. The largest absolute Gasteiger partial charge is 0.378 e. The summed E-state index contributed by atoms with van der Waals surface area (Å²) in [4.78, 5) is 2.49. The summed E-state index contributed by atoms with van der Waals surface area (Å²) in [6.07, 6.45) is 5.22. The summed E-state index contributed by atoms with van der Waals surface area (Å²) in [7, 11) is 1.96. The molecule has 0 radical (unpaired) electrons. The second kappa shape index (κ2) is 6.87. The predicted octanol–water partition coefficient (Wildman–Crippen LogP) is 0.620. The first-order valence-electron chi connectivity index (χ1n) is 6.79. The fraction of sp³-hybridized carbons (Fsp3) is 0.769. The van der Waals surface area contributed by atoms with Gasteiger partial charge in [0.2, 0.25) is 0 Å². The molecule has 5 heteroatoms. The fourth-order valence-electron chi connectivity index (χ4n) is 2.32. The second-order valence-corrected chi connectivity index (χ2v) is 4.93. The lowest BCUT2D eigenvalue weighted by Gasteiger charge is -2.35. The molecule has 0 amide bonds. The highest BCUT2D eigenvalue weighted by Crippen LogP contribution is 2.11. The van der Waals surface area contributed by atoms with Crippen LogP contribution in [-0.4, -0.2) is 53.6 Å². The van der Waals surface area contributed by atoms with Crippen molar-refractivity contribution in [2.75, 3.05) is 32.8 Å². The third kappa shape index (κ3) is 3.80. The quantitative estimate of drug-likeness (QED) is 0.754. The minimum absolute atomic E-state index is 0.477. The average Bonchev–Trinajstić information content (AvgIpc) is 2.77. The van der Waals surface area contributed by atoms with Crippen molar-refractivity contribution in [2.45, 2.75) is 25.9 Å². The topological polar surface area (TPSA) is 42.3 Å². The van der Waals surface area contributed by atoms with E-state index in [9.17, 15) is 0 Å². The number of nitrogens with zero attached hydrogens (tertiary/aromatic N) is 3. The first-order chi connectivity index (χ1) is 8.79. The molecule has 1 aromatic rings. The van der Waals surface area contributed by atoms with Crippen LogP contribution in [0.3, 0.4) is 0 Å². The van der Waals surface area contributed by atoms with E-state index < -0.39 is 0 Å². The SMILES string of the molecule is CCCNCC1COCCN1Cc1cnn(C)c1. The van der Waals surface area contributed by atoms with Gasteiger partial charge in [-0.25, -0.2) is 0 Å². The first kappa shape index (κ1) is 13.5. The van der Waals surface area contributed by atoms with Crippen LogP contribution >= 0.6 is 0 Å². The number of hydrogen-bond donors (Lipinski definition) is 1. The average molecular weight is 252 g/mol. The third-order valence-corrected chi connectivity index (χ3v) is 3.30. The van der Waals surface area contributed by atoms with E-state index in [1.165, 1.54) is 12.0 Å². The lowest BCUT2D eigenvalue weighted by molar-refractivity contribution is -0.0108. The molecule has 0 aromatic carbocycles. The lowest BCUT2D eigenvalue weighted by Crippen LogP contribution is -2.49. The van der Waals surface area contributed by atoms with Crippen LogP contribution in [0.5, 0.6) is 0 Å². The molecular weight excluding hydrogens is 228 g/mol. The van der Waals surface area contributed by atoms with Crippen LogP contribution in [0.15, 0.2) is 12.4 Å². The van der Waals surface area contributed by atoms with Crippen molar-refractivity contribution in [3.63, 3.8) is 0 Å². The Bertz CT molecular complexity index is 353. The van der Waals surface area contributed by atoms with Crippen molar-refractivity contribution in [3.05, 3.63) is 18.0 Å². The van der Waals surface area contributed by atoms with Crippen LogP contribution < -0.4 is 5.32 Å². The van der Waals surface area contributed by atoms with E-state index in [0.717, 1.165) is 39.4 Å². The molecule has 0 aliphatic carbocycles. The smallest absolute Gasteiger partial charge is 0.0635 e. The van der Waals surface area contributed by atoms with Gasteiger partial charge in [0.15, 0.2) is 0 Å². The summed E-state index contributed by atoms with van der Waals surface area (Å²) >= 11 is 0. The highest BCUT2D eigenvalue weighted by molar-refractivity contribution is 5.04. The van der Waals surface area contributed by atoms with Crippen molar-refractivity contribution in [3.8, 4) is 0 Å². The number of nitrogens with one attached hydrogen (secondary N) is 1. The van der Waals surface area contributed by atoms with Crippen LogP contribution in [-0.2, 0) is 18.3 Å². The number of aromatic nitrogens is 2. The van der Waals surface area contributed by atoms with Gasteiger partial charge in [-0.1, -0.05) is 6.92 Å². The Kier molecular flexibility index (Phi) is 5.16. The van der Waals surface area contributed by atoms with Gasteiger partial charge in [0.1, 0.15) is 0 Å². The summed E-state index contributed by atoms with van der Waals surface area (Å²) in [5.74, 6) is 0. The van der Waals surface area contributed by atoms with Gasteiger partial charge in [0, 0.05) is 44.5 Å². The molecule has 102 valence electrons. The van der Waals surface area contributed by atoms with Crippen LogP contribution in [0, 0.1) is 0 Å². The van der Waals surface area contributed by atoms with Gasteiger partial charge >= 0.3 is 0 Å². The normalized spacial score (nSPS) is 21.3. The standard InChI is InChI=1S/C13H24N4O/c1-3-4-14-8-13-11-18-6-5-17(13)10-12-7-15-16(2)9-12/h7,9,13-14H,3-6,8,10-11H2,1-2H3. The zero-order valence-corrected chi connectivity index (χ0v) is 11.4. The maximum atomic E-state index is 5.58.